The molecule has 1 aliphatic heterocycles. The molecule has 2 heterocycles. The molecule has 1 saturated heterocycles. The summed E-state index contributed by atoms with van der Waals surface area (Å²) in [5.41, 5.74) is -0.721. The van der Waals surface area contributed by atoms with Gasteiger partial charge in [-0.1, -0.05) is 0 Å². The van der Waals surface area contributed by atoms with E-state index >= 15 is 0 Å². The van der Waals surface area contributed by atoms with Crippen LogP contribution in [0, 0.1) is 6.92 Å². The number of nitrogens with one attached hydrogen (secondary N) is 1. The van der Waals surface area contributed by atoms with Crippen molar-refractivity contribution in [3.05, 3.63) is 32.6 Å². The zero-order valence-corrected chi connectivity index (χ0v) is 8.58. The molecule has 1 aliphatic rings. The molecule has 0 radical (unpaired) electrons. The minimum absolute atomic E-state index is 0.104. The quantitative estimate of drug-likeness (QED) is 0.539. The van der Waals surface area contributed by atoms with Crippen LogP contribution in [0.15, 0.2) is 15.8 Å². The number of aromatic amines is 1. The summed E-state index contributed by atoms with van der Waals surface area (Å²) in [7, 11) is 0. The molecule has 0 amide bonds. The molecule has 3 N–H and O–H groups in total. The summed E-state index contributed by atoms with van der Waals surface area (Å²) in [6, 6.07) is 0. The smallest absolute Gasteiger partial charge is 0.330 e. The highest BCUT2D eigenvalue weighted by Gasteiger charge is 2.34. The van der Waals surface area contributed by atoms with Gasteiger partial charge in [0.1, 0.15) is 12.3 Å². The predicted molar refractivity (Wildman–Crippen MR) is 52.8 cm³/mol. The Hall–Kier alpha value is -1.44. The van der Waals surface area contributed by atoms with E-state index in [9.17, 15) is 19.8 Å². The van der Waals surface area contributed by atoms with Gasteiger partial charge in [0.2, 0.25) is 0 Å². The summed E-state index contributed by atoms with van der Waals surface area (Å²) in [6.45, 7) is 1.55. The average Bonchev–Trinajstić information content (AvgIpc) is 2.53. The molecule has 0 bridgehead atoms. The standard InChI is InChI=1S/C9H12N2O5/c1-4-3-11(9(15)10-7(4)13)6-2-5(12)8(14)16-6/h3,5-6,8,12,14H,2H2,1H3,(H,10,13,15). The molecule has 7 nitrogen and oxygen atoms in total. The Balaban J connectivity index is 2.39. The second kappa shape index (κ2) is 3.85. The average molecular weight is 228 g/mol. The fourth-order valence-electron chi connectivity index (χ4n) is 1.61. The van der Waals surface area contributed by atoms with Crippen molar-refractivity contribution in [2.45, 2.75) is 32.0 Å². The molecule has 16 heavy (non-hydrogen) atoms. The van der Waals surface area contributed by atoms with E-state index in [0.29, 0.717) is 5.56 Å². The molecule has 0 aliphatic carbocycles. The number of nitrogens with zero attached hydrogens (tertiary/aromatic N) is 1. The van der Waals surface area contributed by atoms with Crippen molar-refractivity contribution in [3.63, 3.8) is 0 Å². The lowest BCUT2D eigenvalue weighted by Crippen LogP contribution is -2.33. The molecule has 0 aromatic carbocycles. The second-order valence-corrected chi connectivity index (χ2v) is 3.76. The van der Waals surface area contributed by atoms with Crippen LogP contribution in [-0.4, -0.2) is 32.2 Å². The van der Waals surface area contributed by atoms with Gasteiger partial charge in [0.25, 0.3) is 5.56 Å². The lowest BCUT2D eigenvalue weighted by molar-refractivity contribution is -0.142. The van der Waals surface area contributed by atoms with Crippen LogP contribution in [-0.2, 0) is 4.74 Å². The Labute approximate surface area is 89.9 Å². The first-order valence-corrected chi connectivity index (χ1v) is 4.82. The maximum absolute atomic E-state index is 11.5. The van der Waals surface area contributed by atoms with Crippen LogP contribution in [0.4, 0.5) is 0 Å². The zero-order chi connectivity index (χ0) is 11.9. The molecule has 3 unspecified atom stereocenters. The maximum Gasteiger partial charge on any atom is 0.330 e. The summed E-state index contributed by atoms with van der Waals surface area (Å²) in [5.74, 6) is 0. The third kappa shape index (κ3) is 1.80. The minimum atomic E-state index is -1.30. The van der Waals surface area contributed by atoms with Crippen LogP contribution in [0.1, 0.15) is 18.2 Å². The normalized spacial score (nSPS) is 29.6. The Kier molecular flexibility index (Phi) is 2.66. The number of aliphatic hydroxyl groups is 2. The SMILES string of the molecule is Cc1cn(C2CC(O)C(O)O2)c(=O)[nH]c1=O. The Morgan fingerprint density at radius 3 is 2.75 bits per heavy atom. The number of aromatic nitrogens is 2. The van der Waals surface area contributed by atoms with Crippen molar-refractivity contribution >= 4 is 0 Å². The monoisotopic (exact) mass is 228 g/mol. The molecular formula is C9H12N2O5. The van der Waals surface area contributed by atoms with Crippen LogP contribution < -0.4 is 11.2 Å². The van der Waals surface area contributed by atoms with Crippen molar-refractivity contribution in [1.29, 1.82) is 0 Å². The number of hydrogen-bond acceptors (Lipinski definition) is 5. The van der Waals surface area contributed by atoms with E-state index in [1.165, 1.54) is 6.20 Å². The molecule has 3 atom stereocenters. The number of H-pyrrole nitrogens is 1. The van der Waals surface area contributed by atoms with Gasteiger partial charge in [-0.05, 0) is 6.92 Å². The molecule has 2 rings (SSSR count). The molecule has 88 valence electrons. The van der Waals surface area contributed by atoms with Gasteiger partial charge < -0.3 is 14.9 Å². The predicted octanol–water partition coefficient (Wildman–Crippen LogP) is -1.56. The molecule has 1 aromatic heterocycles. The van der Waals surface area contributed by atoms with Crippen LogP contribution in [0.25, 0.3) is 0 Å². The fourth-order valence-corrected chi connectivity index (χ4v) is 1.61. The van der Waals surface area contributed by atoms with Gasteiger partial charge in [0.05, 0.1) is 0 Å². The number of aliphatic hydroxyl groups excluding tert-OH is 2. The topological polar surface area (TPSA) is 105 Å². The third-order valence-corrected chi connectivity index (χ3v) is 2.52. The zero-order valence-electron chi connectivity index (χ0n) is 8.58. The van der Waals surface area contributed by atoms with E-state index in [0.717, 1.165) is 4.57 Å². The van der Waals surface area contributed by atoms with Crippen LogP contribution in [0.2, 0.25) is 0 Å². The van der Waals surface area contributed by atoms with E-state index in [2.05, 4.69) is 4.98 Å². The summed E-state index contributed by atoms with van der Waals surface area (Å²) < 4.78 is 6.13. The van der Waals surface area contributed by atoms with Crippen molar-refractivity contribution in [2.24, 2.45) is 0 Å². The van der Waals surface area contributed by atoms with Gasteiger partial charge >= 0.3 is 5.69 Å². The Bertz CT molecular complexity index is 495. The molecule has 0 spiro atoms. The first-order valence-electron chi connectivity index (χ1n) is 4.82. The van der Waals surface area contributed by atoms with Crippen LogP contribution in [0.3, 0.4) is 0 Å². The summed E-state index contributed by atoms with van der Waals surface area (Å²) >= 11 is 0. The number of hydrogen-bond donors (Lipinski definition) is 3. The van der Waals surface area contributed by atoms with Crippen molar-refractivity contribution < 1.29 is 14.9 Å². The number of aryl methyl sites for hydroxylation is 1. The molecule has 1 aromatic rings. The Morgan fingerprint density at radius 1 is 1.50 bits per heavy atom. The van der Waals surface area contributed by atoms with Gasteiger partial charge in [-0.15, -0.1) is 0 Å². The van der Waals surface area contributed by atoms with Gasteiger partial charge in [0, 0.05) is 18.2 Å². The largest absolute Gasteiger partial charge is 0.388 e. The van der Waals surface area contributed by atoms with Crippen molar-refractivity contribution in [1.82, 2.24) is 9.55 Å². The van der Waals surface area contributed by atoms with Gasteiger partial charge in [0.15, 0.2) is 6.29 Å². The van der Waals surface area contributed by atoms with Gasteiger partial charge in [-0.2, -0.15) is 0 Å². The van der Waals surface area contributed by atoms with Crippen molar-refractivity contribution in [2.75, 3.05) is 0 Å². The first kappa shape index (κ1) is 11.1. The van der Waals surface area contributed by atoms with Gasteiger partial charge in [-0.3, -0.25) is 14.3 Å². The fraction of sp³-hybridized carbons (Fsp3) is 0.556. The van der Waals surface area contributed by atoms with E-state index in [1.807, 2.05) is 0 Å². The Morgan fingerprint density at radius 2 is 2.19 bits per heavy atom. The summed E-state index contributed by atoms with van der Waals surface area (Å²) in [6.07, 6.45) is -1.63. The molecule has 7 heteroatoms. The lowest BCUT2D eigenvalue weighted by atomic mass is 10.2. The molecule has 1 fully saturated rings. The highest BCUT2D eigenvalue weighted by atomic mass is 16.6. The summed E-state index contributed by atoms with van der Waals surface area (Å²) in [5, 5.41) is 18.5. The maximum atomic E-state index is 11.5. The van der Waals surface area contributed by atoms with E-state index in [-0.39, 0.29) is 6.42 Å². The van der Waals surface area contributed by atoms with E-state index in [4.69, 9.17) is 4.74 Å². The first-order chi connectivity index (χ1) is 7.49. The molecular weight excluding hydrogens is 216 g/mol. The highest BCUT2D eigenvalue weighted by Crippen LogP contribution is 2.25. The lowest BCUT2D eigenvalue weighted by Gasteiger charge is -2.13. The number of ether oxygens (including phenoxy) is 1. The van der Waals surface area contributed by atoms with E-state index < -0.39 is 29.9 Å². The third-order valence-electron chi connectivity index (χ3n) is 2.52. The number of rotatable bonds is 1. The summed E-state index contributed by atoms with van der Waals surface area (Å²) in [4.78, 5) is 24.7. The second-order valence-electron chi connectivity index (χ2n) is 3.76. The minimum Gasteiger partial charge on any atom is -0.388 e. The van der Waals surface area contributed by atoms with Gasteiger partial charge in [-0.25, -0.2) is 4.79 Å². The van der Waals surface area contributed by atoms with E-state index in [1.54, 1.807) is 6.92 Å². The van der Waals surface area contributed by atoms with Crippen LogP contribution >= 0.6 is 0 Å². The molecule has 0 saturated carbocycles. The van der Waals surface area contributed by atoms with Crippen molar-refractivity contribution in [3.8, 4) is 0 Å². The van der Waals surface area contributed by atoms with Crippen LogP contribution in [0.5, 0.6) is 0 Å². The highest BCUT2D eigenvalue weighted by molar-refractivity contribution is 5.01.